The predicted molar refractivity (Wildman–Crippen MR) is 70.8 cm³/mol. The van der Waals surface area contributed by atoms with Gasteiger partial charge < -0.3 is 15.7 Å². The summed E-state index contributed by atoms with van der Waals surface area (Å²) in [6.45, 7) is 0.233. The number of benzene rings is 1. The smallest absolute Gasteiger partial charge is 0.407 e. The Hall–Kier alpha value is -2.11. The molecule has 108 valence electrons. The molecule has 3 N–H and O–H groups in total. The molecule has 1 unspecified atom stereocenters. The maximum absolute atomic E-state index is 14.8. The van der Waals surface area contributed by atoms with Crippen molar-refractivity contribution in [1.82, 2.24) is 4.90 Å². The van der Waals surface area contributed by atoms with Crippen molar-refractivity contribution in [2.45, 2.75) is 19.0 Å². The Bertz CT molecular complexity index is 498. The maximum Gasteiger partial charge on any atom is 0.407 e. The molecule has 20 heavy (non-hydrogen) atoms. The molecule has 0 saturated carbocycles. The Morgan fingerprint density at radius 1 is 1.25 bits per heavy atom. The Morgan fingerprint density at radius 2 is 1.80 bits per heavy atom. The van der Waals surface area contributed by atoms with Crippen LogP contribution in [0.5, 0.6) is 0 Å². The van der Waals surface area contributed by atoms with Gasteiger partial charge in [-0.05, 0) is 18.4 Å². The zero-order valence-electron chi connectivity index (χ0n) is 11.0. The lowest BCUT2D eigenvalue weighted by Gasteiger charge is -2.40. The second-order valence-electron chi connectivity index (χ2n) is 5.06. The number of amides is 2. The normalized spacial score (nSPS) is 19.4. The minimum absolute atomic E-state index is 0.102. The number of alkyl halides is 1. The van der Waals surface area contributed by atoms with Crippen molar-refractivity contribution in [3.8, 4) is 0 Å². The summed E-state index contributed by atoms with van der Waals surface area (Å²) >= 11 is 0. The zero-order chi connectivity index (χ0) is 14.8. The Morgan fingerprint density at radius 3 is 2.25 bits per heavy atom. The molecular weight excluding hydrogens is 263 g/mol. The summed E-state index contributed by atoms with van der Waals surface area (Å²) < 4.78 is 14.8. The summed E-state index contributed by atoms with van der Waals surface area (Å²) in [5.74, 6) is -0.709. The van der Waals surface area contributed by atoms with Crippen molar-refractivity contribution in [2.24, 2.45) is 11.1 Å². The molecule has 0 spiro atoms. The number of carboxylic acid groups (broad SMARTS) is 1. The van der Waals surface area contributed by atoms with Gasteiger partial charge in [0.1, 0.15) is 6.17 Å². The number of hydrogen-bond acceptors (Lipinski definition) is 2. The van der Waals surface area contributed by atoms with Crippen LogP contribution in [0, 0.1) is 5.41 Å². The second-order valence-corrected chi connectivity index (χ2v) is 5.06. The van der Waals surface area contributed by atoms with Crippen LogP contribution in [0.4, 0.5) is 9.18 Å². The lowest BCUT2D eigenvalue weighted by atomic mass is 9.72. The molecule has 0 radical (unpaired) electrons. The van der Waals surface area contributed by atoms with Crippen molar-refractivity contribution in [1.29, 1.82) is 0 Å². The Kier molecular flexibility index (Phi) is 3.92. The van der Waals surface area contributed by atoms with Crippen LogP contribution in [-0.4, -0.2) is 35.1 Å². The minimum Gasteiger partial charge on any atom is -0.465 e. The van der Waals surface area contributed by atoms with Crippen LogP contribution in [0.25, 0.3) is 0 Å². The Balaban J connectivity index is 2.24. The number of nitrogens with two attached hydrogens (primary N) is 1. The van der Waals surface area contributed by atoms with E-state index in [0.29, 0.717) is 5.56 Å². The molecule has 1 aromatic rings. The quantitative estimate of drug-likeness (QED) is 0.887. The standard InChI is InChI=1S/C14H17FN2O3/c15-11(10-4-2-1-3-5-10)14(12(16)18)6-8-17(9-7-14)13(19)20/h1-5,11H,6-9H2,(H2,16,18)(H,19,20). The van der Waals surface area contributed by atoms with Gasteiger partial charge in [0.15, 0.2) is 0 Å². The number of primary amides is 1. The number of rotatable bonds is 3. The lowest BCUT2D eigenvalue weighted by Crippen LogP contribution is -2.50. The third-order valence-electron chi connectivity index (χ3n) is 3.99. The summed E-state index contributed by atoms with van der Waals surface area (Å²) in [7, 11) is 0. The number of nitrogens with zero attached hydrogens (tertiary/aromatic N) is 1. The summed E-state index contributed by atoms with van der Waals surface area (Å²) in [6, 6.07) is 8.38. The lowest BCUT2D eigenvalue weighted by molar-refractivity contribution is -0.135. The van der Waals surface area contributed by atoms with E-state index in [1.807, 2.05) is 0 Å². The van der Waals surface area contributed by atoms with Gasteiger partial charge in [-0.2, -0.15) is 0 Å². The van der Waals surface area contributed by atoms with Crippen LogP contribution < -0.4 is 5.73 Å². The molecule has 5 nitrogen and oxygen atoms in total. The van der Waals surface area contributed by atoms with E-state index >= 15 is 0 Å². The van der Waals surface area contributed by atoms with Crippen molar-refractivity contribution in [3.63, 3.8) is 0 Å². The van der Waals surface area contributed by atoms with Crippen molar-refractivity contribution in [3.05, 3.63) is 35.9 Å². The summed E-state index contributed by atoms with van der Waals surface area (Å²) in [4.78, 5) is 23.9. The highest BCUT2D eigenvalue weighted by molar-refractivity contribution is 5.82. The van der Waals surface area contributed by atoms with E-state index in [4.69, 9.17) is 10.8 Å². The van der Waals surface area contributed by atoms with E-state index in [-0.39, 0.29) is 25.9 Å². The first-order valence-electron chi connectivity index (χ1n) is 6.44. The SMILES string of the molecule is NC(=O)C1(C(F)c2ccccc2)CCN(C(=O)O)CC1. The van der Waals surface area contributed by atoms with Gasteiger partial charge in [-0.3, -0.25) is 4.79 Å². The fourth-order valence-electron chi connectivity index (χ4n) is 2.66. The number of carbonyl (C=O) groups excluding carboxylic acids is 1. The van der Waals surface area contributed by atoms with Gasteiger partial charge in [0.25, 0.3) is 0 Å². The van der Waals surface area contributed by atoms with Gasteiger partial charge in [0, 0.05) is 13.1 Å². The van der Waals surface area contributed by atoms with Crippen molar-refractivity contribution < 1.29 is 19.1 Å². The third kappa shape index (κ3) is 2.45. The topological polar surface area (TPSA) is 83.6 Å². The number of piperidine rings is 1. The molecule has 6 heteroatoms. The van der Waals surface area contributed by atoms with Gasteiger partial charge in [-0.15, -0.1) is 0 Å². The molecule has 1 atom stereocenters. The molecule has 0 bridgehead atoms. The van der Waals surface area contributed by atoms with Gasteiger partial charge in [0.2, 0.25) is 5.91 Å². The molecule has 0 aromatic heterocycles. The summed E-state index contributed by atoms with van der Waals surface area (Å²) in [5, 5.41) is 8.92. The van der Waals surface area contributed by atoms with E-state index in [1.165, 1.54) is 4.90 Å². The average molecular weight is 280 g/mol. The van der Waals surface area contributed by atoms with Crippen LogP contribution in [0.2, 0.25) is 0 Å². The summed E-state index contributed by atoms with van der Waals surface area (Å²) in [6.07, 6.45) is -2.37. The van der Waals surface area contributed by atoms with Crippen LogP contribution in [0.15, 0.2) is 30.3 Å². The molecule has 1 heterocycles. The summed E-state index contributed by atoms with van der Waals surface area (Å²) in [5.41, 5.74) is 4.49. The van der Waals surface area contributed by atoms with Crippen molar-refractivity contribution in [2.75, 3.05) is 13.1 Å². The largest absolute Gasteiger partial charge is 0.465 e. The van der Waals surface area contributed by atoms with Crippen LogP contribution in [-0.2, 0) is 4.79 Å². The molecular formula is C14H17FN2O3. The zero-order valence-corrected chi connectivity index (χ0v) is 11.0. The highest BCUT2D eigenvalue weighted by atomic mass is 19.1. The molecule has 1 fully saturated rings. The van der Waals surface area contributed by atoms with Gasteiger partial charge >= 0.3 is 6.09 Å². The first-order valence-corrected chi connectivity index (χ1v) is 6.44. The monoisotopic (exact) mass is 280 g/mol. The molecule has 1 saturated heterocycles. The van der Waals surface area contributed by atoms with E-state index in [1.54, 1.807) is 30.3 Å². The molecule has 2 amide bonds. The average Bonchev–Trinajstić information content (AvgIpc) is 2.47. The number of hydrogen-bond donors (Lipinski definition) is 2. The highest BCUT2D eigenvalue weighted by Crippen LogP contribution is 2.45. The molecule has 0 aliphatic carbocycles. The highest BCUT2D eigenvalue weighted by Gasteiger charge is 2.48. The predicted octanol–water partition coefficient (Wildman–Crippen LogP) is 1.94. The molecule has 1 aliphatic heterocycles. The second kappa shape index (κ2) is 5.48. The molecule has 1 aliphatic rings. The van der Waals surface area contributed by atoms with Crippen LogP contribution in [0.1, 0.15) is 24.6 Å². The fourth-order valence-corrected chi connectivity index (χ4v) is 2.66. The van der Waals surface area contributed by atoms with E-state index in [2.05, 4.69) is 0 Å². The van der Waals surface area contributed by atoms with Gasteiger partial charge in [-0.1, -0.05) is 30.3 Å². The molecule has 1 aromatic carbocycles. The number of halogens is 1. The Labute approximate surface area is 116 Å². The van der Waals surface area contributed by atoms with E-state index < -0.39 is 23.6 Å². The van der Waals surface area contributed by atoms with Gasteiger partial charge in [0.05, 0.1) is 5.41 Å². The van der Waals surface area contributed by atoms with Crippen LogP contribution in [0.3, 0.4) is 0 Å². The minimum atomic E-state index is -1.52. The fraction of sp³-hybridized carbons (Fsp3) is 0.429. The number of likely N-dealkylation sites (tertiary alicyclic amines) is 1. The van der Waals surface area contributed by atoms with Gasteiger partial charge in [-0.25, -0.2) is 9.18 Å². The van der Waals surface area contributed by atoms with E-state index in [0.717, 1.165) is 0 Å². The number of carbonyl (C=O) groups is 2. The first-order chi connectivity index (χ1) is 9.47. The third-order valence-corrected chi connectivity index (χ3v) is 3.99. The van der Waals surface area contributed by atoms with Crippen LogP contribution >= 0.6 is 0 Å². The molecule has 2 rings (SSSR count). The first kappa shape index (κ1) is 14.3. The van der Waals surface area contributed by atoms with E-state index in [9.17, 15) is 14.0 Å². The maximum atomic E-state index is 14.8. The van der Waals surface area contributed by atoms with Crippen molar-refractivity contribution >= 4 is 12.0 Å².